The van der Waals surface area contributed by atoms with Gasteiger partial charge >= 0.3 is 12.2 Å². The molecule has 65 heavy (non-hydrogen) atoms. The Morgan fingerprint density at radius 2 is 1.12 bits per heavy atom. The zero-order chi connectivity index (χ0) is 47.3. The highest BCUT2D eigenvalue weighted by atomic mass is 32.2. The van der Waals surface area contributed by atoms with Gasteiger partial charge in [0, 0.05) is 70.0 Å². The number of nitrogens with one attached hydrogen (secondary N) is 2. The summed E-state index contributed by atoms with van der Waals surface area (Å²) in [6.07, 6.45) is 11.3. The van der Waals surface area contributed by atoms with Gasteiger partial charge in [0.1, 0.15) is 22.7 Å². The number of benzene rings is 2. The van der Waals surface area contributed by atoms with Crippen molar-refractivity contribution in [3.8, 4) is 11.5 Å². The zero-order valence-electron chi connectivity index (χ0n) is 39.2. The van der Waals surface area contributed by atoms with E-state index in [0.29, 0.717) is 38.0 Å². The molecule has 356 valence electrons. The van der Waals surface area contributed by atoms with E-state index in [4.69, 9.17) is 23.5 Å². The van der Waals surface area contributed by atoms with Crippen LogP contribution in [0, 0.1) is 11.8 Å². The summed E-state index contributed by atoms with van der Waals surface area (Å²) >= 11 is 0. The van der Waals surface area contributed by atoms with Crippen LogP contribution in [0.5, 0.6) is 11.5 Å². The monoisotopic (exact) mass is 918 g/mol. The molecule has 4 aromatic rings. The Bertz CT molecular complexity index is 2100. The molecule has 0 radical (unpaired) electrons. The van der Waals surface area contributed by atoms with Crippen LogP contribution < -0.4 is 15.4 Å². The van der Waals surface area contributed by atoms with Gasteiger partial charge in [0.2, 0.25) is 0 Å². The maximum Gasteiger partial charge on any atom is 0.407 e. The van der Waals surface area contributed by atoms with Crippen LogP contribution in [-0.2, 0) is 49.7 Å². The number of nitrogens with zero attached hydrogens (tertiary/aromatic N) is 4. The summed E-state index contributed by atoms with van der Waals surface area (Å²) in [4.78, 5) is 36.0. The molecule has 0 spiro atoms. The van der Waals surface area contributed by atoms with Crippen molar-refractivity contribution in [2.75, 3.05) is 58.7 Å². The summed E-state index contributed by atoms with van der Waals surface area (Å²) in [5.41, 5.74) is 3.71. The van der Waals surface area contributed by atoms with E-state index in [1.165, 1.54) is 11.1 Å². The van der Waals surface area contributed by atoms with Gasteiger partial charge in [0.05, 0.1) is 19.5 Å². The van der Waals surface area contributed by atoms with Crippen molar-refractivity contribution >= 4 is 22.3 Å². The van der Waals surface area contributed by atoms with Crippen LogP contribution in [-0.4, -0.2) is 115 Å². The number of pyridine rings is 2. The van der Waals surface area contributed by atoms with Crippen LogP contribution in [0.4, 0.5) is 9.59 Å². The van der Waals surface area contributed by atoms with E-state index in [-0.39, 0.29) is 11.8 Å². The van der Waals surface area contributed by atoms with Gasteiger partial charge in [-0.05, 0) is 145 Å². The van der Waals surface area contributed by atoms with Gasteiger partial charge in [-0.2, -0.15) is 8.42 Å². The Hall–Kier alpha value is -5.29. The smallest absolute Gasteiger partial charge is 0.407 e. The molecule has 0 saturated carbocycles. The third-order valence-corrected chi connectivity index (χ3v) is 10.6. The molecule has 2 saturated heterocycles. The van der Waals surface area contributed by atoms with Crippen LogP contribution in [0.2, 0.25) is 0 Å². The molecule has 2 aliphatic rings. The minimum Gasteiger partial charge on any atom is -0.508 e. The highest BCUT2D eigenvalue weighted by Crippen LogP contribution is 2.22. The van der Waals surface area contributed by atoms with Crippen molar-refractivity contribution in [2.24, 2.45) is 11.8 Å². The Labute approximate surface area is 386 Å². The molecular formula is C49H70N6O9S. The average Bonchev–Trinajstić information content (AvgIpc) is 3.89. The van der Waals surface area contributed by atoms with Crippen molar-refractivity contribution in [1.82, 2.24) is 30.4 Å². The first-order valence-electron chi connectivity index (χ1n) is 22.3. The lowest BCUT2D eigenvalue weighted by molar-refractivity contribution is 0.0517. The second kappa shape index (κ2) is 26.0. The lowest BCUT2D eigenvalue weighted by Crippen LogP contribution is -2.33. The minimum absolute atomic E-state index is 0.244. The average molecular weight is 919 g/mol. The normalized spacial score (nSPS) is 16.6. The predicted octanol–water partition coefficient (Wildman–Crippen LogP) is 7.39. The molecule has 3 N–H and O–H groups in total. The molecule has 0 bridgehead atoms. The van der Waals surface area contributed by atoms with E-state index in [1.807, 2.05) is 103 Å². The van der Waals surface area contributed by atoms with Crippen LogP contribution in [0.1, 0.15) is 76.6 Å². The molecule has 0 unspecified atom stereocenters. The Balaban J connectivity index is 0.000000227. The number of phenolic OH excluding ortho intramolecular Hbond substituents is 1. The molecule has 2 fully saturated rings. The third kappa shape index (κ3) is 23.5. The number of aromatic nitrogens is 2. The van der Waals surface area contributed by atoms with Gasteiger partial charge in [-0.25, -0.2) is 9.59 Å². The van der Waals surface area contributed by atoms with Crippen molar-refractivity contribution in [3.05, 3.63) is 120 Å². The maximum absolute atomic E-state index is 11.7. The number of likely N-dealkylation sites (tertiary alicyclic amines) is 2. The number of rotatable bonds is 16. The Morgan fingerprint density at radius 1 is 0.677 bits per heavy atom. The van der Waals surface area contributed by atoms with Crippen LogP contribution >= 0.6 is 0 Å². The van der Waals surface area contributed by atoms with Gasteiger partial charge in [0.25, 0.3) is 10.1 Å². The summed E-state index contributed by atoms with van der Waals surface area (Å²) < 4.78 is 43.0. The molecule has 2 aliphatic heterocycles. The predicted molar refractivity (Wildman–Crippen MR) is 252 cm³/mol. The van der Waals surface area contributed by atoms with Gasteiger partial charge in [-0.15, -0.1) is 0 Å². The van der Waals surface area contributed by atoms with Gasteiger partial charge in [-0.3, -0.25) is 24.0 Å². The van der Waals surface area contributed by atoms with Gasteiger partial charge in [0.15, 0.2) is 0 Å². The van der Waals surface area contributed by atoms with Crippen molar-refractivity contribution in [1.29, 1.82) is 0 Å². The SMILES string of the molecule is CC(C)(C)OC(=O)NCCc1ccc(O)cc1.CC(C)(C)OC(=O)NCCc1ccc(OC[C@@H]2CCN(Cc3cccnc3)C2)cc1.CS(=O)(=O)OC[C@@H]1CCN(Cc2cccnc2)C1. The Kier molecular flexibility index (Phi) is 20.9. The molecule has 2 amide bonds. The second-order valence-corrected chi connectivity index (χ2v) is 20.1. The highest BCUT2D eigenvalue weighted by Gasteiger charge is 2.25. The number of aromatic hydroxyl groups is 1. The summed E-state index contributed by atoms with van der Waals surface area (Å²) in [6, 6.07) is 23.1. The number of carbonyl (C=O) groups is 2. The van der Waals surface area contributed by atoms with E-state index >= 15 is 0 Å². The van der Waals surface area contributed by atoms with Crippen LogP contribution in [0.15, 0.2) is 97.6 Å². The van der Waals surface area contributed by atoms with E-state index in [9.17, 15) is 18.0 Å². The fourth-order valence-electron chi connectivity index (χ4n) is 6.98. The topological polar surface area (TPSA) is 182 Å². The summed E-state index contributed by atoms with van der Waals surface area (Å²) in [5, 5.41) is 14.6. The number of phenols is 1. The quantitative estimate of drug-likeness (QED) is 0.0948. The van der Waals surface area contributed by atoms with Crippen molar-refractivity contribution in [3.63, 3.8) is 0 Å². The van der Waals surface area contributed by atoms with Crippen LogP contribution in [0.25, 0.3) is 0 Å². The number of hydrogen-bond acceptors (Lipinski definition) is 13. The van der Waals surface area contributed by atoms with Crippen molar-refractivity contribution < 1.29 is 41.5 Å². The minimum atomic E-state index is -3.32. The fourth-order valence-corrected chi connectivity index (χ4v) is 7.42. The van der Waals surface area contributed by atoms with E-state index in [1.54, 1.807) is 18.3 Å². The molecule has 4 heterocycles. The highest BCUT2D eigenvalue weighted by molar-refractivity contribution is 7.85. The molecule has 0 aliphatic carbocycles. The molecule has 16 heteroatoms. The van der Waals surface area contributed by atoms with Crippen molar-refractivity contribution in [2.45, 2.75) is 91.5 Å². The van der Waals surface area contributed by atoms with E-state index < -0.39 is 27.4 Å². The summed E-state index contributed by atoms with van der Waals surface area (Å²) in [5.74, 6) is 1.99. The van der Waals surface area contributed by atoms with Crippen LogP contribution in [0.3, 0.4) is 0 Å². The summed E-state index contributed by atoms with van der Waals surface area (Å²) in [7, 11) is -3.32. The molecule has 2 aromatic carbocycles. The number of hydrogen-bond donors (Lipinski definition) is 3. The zero-order valence-corrected chi connectivity index (χ0v) is 40.0. The molecule has 2 aromatic heterocycles. The first kappa shape index (κ1) is 52.3. The largest absolute Gasteiger partial charge is 0.508 e. The lowest BCUT2D eigenvalue weighted by atomic mass is 10.1. The molecule has 2 atom stereocenters. The number of alkyl carbamates (subject to hydrolysis) is 2. The van der Waals surface area contributed by atoms with E-state index in [2.05, 4.69) is 48.6 Å². The van der Waals surface area contributed by atoms with Gasteiger partial charge in [-0.1, -0.05) is 36.4 Å². The summed E-state index contributed by atoms with van der Waals surface area (Å²) in [6.45, 7) is 19.0. The molecule has 15 nitrogen and oxygen atoms in total. The number of ether oxygens (including phenoxy) is 3. The van der Waals surface area contributed by atoms with E-state index in [0.717, 1.165) is 88.3 Å². The molecule has 6 rings (SSSR count). The fraction of sp³-hybridized carbons (Fsp3) is 0.510. The second-order valence-electron chi connectivity index (χ2n) is 18.5. The standard InChI is InChI=1S/C24H33N3O3.C13H19NO3.C12H18N2O3S/c1-24(2,3)30-23(28)26-13-10-19-6-8-22(9-7-19)29-18-21-11-14-27(17-21)16-20-5-4-12-25-15-20;1-13(2,3)17-12(16)14-9-8-10-4-6-11(15)7-5-10;1-18(15,16)17-10-12-4-6-14(9-12)8-11-3-2-5-13-7-11/h4-9,12,15,21H,10-11,13-14,16-18H2,1-3H3,(H,26,28);4-7,15H,8-9H2,1-3H3,(H,14,16);2-3,5,7,12H,4,6,8-10H2,1H3/t21-;;12-/m1.1/s1. The first-order valence-corrected chi connectivity index (χ1v) is 24.1. The maximum atomic E-state index is 11.7. The third-order valence-electron chi connectivity index (χ3n) is 10.0. The number of amides is 2. The van der Waals surface area contributed by atoms with Gasteiger partial charge < -0.3 is 30.0 Å². The Morgan fingerprint density at radius 3 is 1.54 bits per heavy atom. The molecular weight excluding hydrogens is 849 g/mol. The lowest BCUT2D eigenvalue weighted by Gasteiger charge is -2.19. The number of carbonyl (C=O) groups excluding carboxylic acids is 2. The first-order chi connectivity index (χ1) is 30.8.